The minimum atomic E-state index is -4.16. The van der Waals surface area contributed by atoms with E-state index >= 15 is 0 Å². The lowest BCUT2D eigenvalue weighted by molar-refractivity contribution is -0.393. The first-order valence-corrected chi connectivity index (χ1v) is 11.6. The third-order valence-electron chi connectivity index (χ3n) is 4.60. The van der Waals surface area contributed by atoms with Gasteiger partial charge in [0.2, 0.25) is 0 Å². The molecule has 3 aromatic carbocycles. The first-order valence-electron chi connectivity index (χ1n) is 10.2. The molecular weight excluding hydrogens is 496 g/mol. The average Bonchev–Trinajstić information content (AvgIpc) is 2.85. The lowest BCUT2D eigenvalue weighted by Gasteiger charge is -2.12. The number of non-ortho nitro benzene ring substituents is 1. The zero-order chi connectivity index (χ0) is 26.3. The Morgan fingerprint density at radius 1 is 0.972 bits per heavy atom. The van der Waals surface area contributed by atoms with Crippen LogP contribution in [0.1, 0.15) is 12.5 Å². The van der Waals surface area contributed by atoms with E-state index < -0.39 is 31.3 Å². The second-order valence-electron chi connectivity index (χ2n) is 6.94. The van der Waals surface area contributed by atoms with E-state index in [1.165, 1.54) is 61.9 Å². The van der Waals surface area contributed by atoms with E-state index in [0.717, 1.165) is 12.1 Å². The number of methoxy groups -OCH3 is 1. The van der Waals surface area contributed by atoms with Crippen molar-refractivity contribution in [2.45, 2.75) is 11.8 Å². The summed E-state index contributed by atoms with van der Waals surface area (Å²) in [6.07, 6.45) is 1.30. The van der Waals surface area contributed by atoms with Gasteiger partial charge in [-0.3, -0.25) is 25.7 Å². The largest absolute Gasteiger partial charge is 0.497 e. The van der Waals surface area contributed by atoms with Crippen LogP contribution in [0, 0.1) is 20.2 Å². The van der Waals surface area contributed by atoms with Crippen LogP contribution in [0.4, 0.5) is 17.1 Å². The van der Waals surface area contributed by atoms with Gasteiger partial charge in [-0.05, 0) is 61.0 Å². The number of nitrogens with one attached hydrogen (secondary N) is 1. The SMILES string of the molecule is CCOc1cc(/C=N\Nc2ccc([N+](=O)[O-])cc2[N+](=O)[O-])ccc1OS(=O)(=O)c1ccc(OC)cc1. The van der Waals surface area contributed by atoms with E-state index in [9.17, 15) is 28.6 Å². The van der Waals surface area contributed by atoms with Crippen LogP contribution in [0.2, 0.25) is 0 Å². The Balaban J connectivity index is 1.81. The van der Waals surface area contributed by atoms with Gasteiger partial charge in [0, 0.05) is 6.07 Å². The molecule has 0 aliphatic carbocycles. The van der Waals surface area contributed by atoms with E-state index in [0.29, 0.717) is 11.3 Å². The normalized spacial score (nSPS) is 11.2. The summed E-state index contributed by atoms with van der Waals surface area (Å²) in [6, 6.07) is 13.1. The Hall–Kier alpha value is -4.72. The Labute approximate surface area is 205 Å². The summed E-state index contributed by atoms with van der Waals surface area (Å²) >= 11 is 0. The van der Waals surface area contributed by atoms with Crippen molar-refractivity contribution >= 4 is 33.4 Å². The molecule has 14 heteroatoms. The highest BCUT2D eigenvalue weighted by Crippen LogP contribution is 2.32. The minimum Gasteiger partial charge on any atom is -0.497 e. The molecule has 0 aliphatic heterocycles. The van der Waals surface area contributed by atoms with Gasteiger partial charge in [-0.2, -0.15) is 13.5 Å². The summed E-state index contributed by atoms with van der Waals surface area (Å²) in [4.78, 5) is 20.5. The molecule has 0 aromatic heterocycles. The molecule has 0 saturated carbocycles. The van der Waals surface area contributed by atoms with Crippen molar-refractivity contribution in [3.63, 3.8) is 0 Å². The molecule has 0 unspecified atom stereocenters. The summed E-state index contributed by atoms with van der Waals surface area (Å²) in [5, 5.41) is 26.0. The molecule has 3 rings (SSSR count). The maximum absolute atomic E-state index is 12.7. The first-order chi connectivity index (χ1) is 17.1. The molecule has 3 aromatic rings. The van der Waals surface area contributed by atoms with Crippen molar-refractivity contribution in [2.75, 3.05) is 19.1 Å². The number of nitrogens with zero attached hydrogens (tertiary/aromatic N) is 3. The topological polar surface area (TPSA) is 172 Å². The molecule has 0 heterocycles. The van der Waals surface area contributed by atoms with E-state index in [-0.39, 0.29) is 28.7 Å². The predicted octanol–water partition coefficient (Wildman–Crippen LogP) is 4.12. The van der Waals surface area contributed by atoms with E-state index in [2.05, 4.69) is 10.5 Å². The van der Waals surface area contributed by atoms with E-state index in [4.69, 9.17) is 13.7 Å². The van der Waals surface area contributed by atoms with Gasteiger partial charge in [-0.25, -0.2) is 0 Å². The van der Waals surface area contributed by atoms with Gasteiger partial charge in [0.05, 0.1) is 35.8 Å². The van der Waals surface area contributed by atoms with Crippen LogP contribution >= 0.6 is 0 Å². The summed E-state index contributed by atoms with van der Waals surface area (Å²) in [6.45, 7) is 1.92. The van der Waals surface area contributed by atoms with Crippen LogP contribution in [-0.4, -0.2) is 38.2 Å². The fourth-order valence-corrected chi connectivity index (χ4v) is 3.85. The van der Waals surface area contributed by atoms with Crippen LogP contribution in [0.3, 0.4) is 0 Å². The molecule has 0 saturated heterocycles. The van der Waals surface area contributed by atoms with Gasteiger partial charge in [0.25, 0.3) is 5.69 Å². The van der Waals surface area contributed by atoms with Crippen LogP contribution in [-0.2, 0) is 10.1 Å². The number of nitro benzene ring substituents is 2. The zero-order valence-electron chi connectivity index (χ0n) is 19.0. The highest BCUT2D eigenvalue weighted by atomic mass is 32.2. The van der Waals surface area contributed by atoms with Crippen LogP contribution in [0.5, 0.6) is 17.2 Å². The van der Waals surface area contributed by atoms with Crippen molar-refractivity contribution < 1.29 is 31.9 Å². The number of anilines is 1. The van der Waals surface area contributed by atoms with Gasteiger partial charge < -0.3 is 13.7 Å². The van der Waals surface area contributed by atoms with Gasteiger partial charge in [0.15, 0.2) is 11.5 Å². The number of rotatable bonds is 11. The minimum absolute atomic E-state index is 0.0521. The lowest BCUT2D eigenvalue weighted by atomic mass is 10.2. The standard InChI is InChI=1S/C22H20N4O9S/c1-3-34-22-12-15(14-23-24-19-10-5-16(25(27)28)13-20(19)26(29)30)4-11-21(22)35-36(31,32)18-8-6-17(33-2)7-9-18/h4-14,24H,3H2,1-2H3/b23-14-. The summed E-state index contributed by atoms with van der Waals surface area (Å²) < 4.78 is 41.1. The Morgan fingerprint density at radius 2 is 1.69 bits per heavy atom. The molecule has 1 N–H and O–H groups in total. The molecule has 0 bridgehead atoms. The molecule has 0 aliphatic rings. The number of ether oxygens (including phenoxy) is 2. The van der Waals surface area contributed by atoms with Crippen molar-refractivity contribution in [3.05, 3.63) is 86.5 Å². The fraction of sp³-hybridized carbons (Fsp3) is 0.136. The molecular formula is C22H20N4O9S. The summed E-state index contributed by atoms with van der Waals surface area (Å²) in [7, 11) is -2.70. The van der Waals surface area contributed by atoms with Gasteiger partial charge in [-0.1, -0.05) is 0 Å². The van der Waals surface area contributed by atoms with E-state index in [1.807, 2.05) is 0 Å². The molecule has 0 radical (unpaired) electrons. The Bertz CT molecular complexity index is 1410. The number of hydrogen-bond donors (Lipinski definition) is 1. The maximum atomic E-state index is 12.7. The molecule has 188 valence electrons. The summed E-state index contributed by atoms with van der Waals surface area (Å²) in [5.74, 6) is 0.559. The molecule has 0 amide bonds. The van der Waals surface area contributed by atoms with Crippen LogP contribution in [0.15, 0.2) is 70.7 Å². The van der Waals surface area contributed by atoms with Crippen LogP contribution < -0.4 is 19.1 Å². The molecule has 0 fully saturated rings. The van der Waals surface area contributed by atoms with Gasteiger partial charge >= 0.3 is 15.8 Å². The fourth-order valence-electron chi connectivity index (χ4n) is 2.91. The number of benzene rings is 3. The third-order valence-corrected chi connectivity index (χ3v) is 5.85. The maximum Gasteiger partial charge on any atom is 0.339 e. The second-order valence-corrected chi connectivity index (χ2v) is 8.48. The Morgan fingerprint density at radius 3 is 2.31 bits per heavy atom. The molecule has 36 heavy (non-hydrogen) atoms. The van der Waals surface area contributed by atoms with Gasteiger partial charge in [0.1, 0.15) is 16.3 Å². The average molecular weight is 516 g/mol. The zero-order valence-corrected chi connectivity index (χ0v) is 19.8. The van der Waals surface area contributed by atoms with Crippen molar-refractivity contribution in [3.8, 4) is 17.2 Å². The highest BCUT2D eigenvalue weighted by molar-refractivity contribution is 7.87. The number of hydrazone groups is 1. The number of nitro groups is 2. The third kappa shape index (κ3) is 6.24. The second kappa shape index (κ2) is 11.1. The van der Waals surface area contributed by atoms with E-state index in [1.54, 1.807) is 6.92 Å². The molecule has 0 atom stereocenters. The van der Waals surface area contributed by atoms with Crippen molar-refractivity contribution in [1.29, 1.82) is 0 Å². The summed E-state index contributed by atoms with van der Waals surface area (Å²) in [5.41, 5.74) is 1.91. The lowest BCUT2D eigenvalue weighted by Crippen LogP contribution is -2.11. The first kappa shape index (κ1) is 25.9. The quantitative estimate of drug-likeness (QED) is 0.169. The Kier molecular flexibility index (Phi) is 8.01. The monoisotopic (exact) mass is 516 g/mol. The van der Waals surface area contributed by atoms with Crippen molar-refractivity contribution in [1.82, 2.24) is 0 Å². The molecule has 13 nitrogen and oxygen atoms in total. The molecule has 0 spiro atoms. The van der Waals surface area contributed by atoms with Crippen molar-refractivity contribution in [2.24, 2.45) is 5.10 Å². The van der Waals surface area contributed by atoms with Gasteiger partial charge in [-0.15, -0.1) is 0 Å². The van der Waals surface area contributed by atoms with Crippen LogP contribution in [0.25, 0.3) is 0 Å². The smallest absolute Gasteiger partial charge is 0.339 e. The number of hydrogen-bond acceptors (Lipinski definition) is 11. The highest BCUT2D eigenvalue weighted by Gasteiger charge is 2.21. The predicted molar refractivity (Wildman–Crippen MR) is 129 cm³/mol.